The van der Waals surface area contributed by atoms with Crippen LogP contribution in [0.3, 0.4) is 0 Å². The number of carbonyl (C=O) groups is 3. The van der Waals surface area contributed by atoms with Crippen LogP contribution in [0.1, 0.15) is 65.7 Å². The predicted molar refractivity (Wildman–Crippen MR) is 134 cm³/mol. The molecule has 2 aromatic carbocycles. The van der Waals surface area contributed by atoms with Crippen LogP contribution in [0, 0.1) is 11.8 Å². The molecule has 8 heteroatoms. The lowest BCUT2D eigenvalue weighted by Crippen LogP contribution is -2.34. The smallest absolute Gasteiger partial charge is 0.306 e. The minimum atomic E-state index is -0.734. The molecule has 3 N–H and O–H groups in total. The zero-order valence-corrected chi connectivity index (χ0v) is 20.4. The number of aliphatic carboxylic acids is 1. The van der Waals surface area contributed by atoms with E-state index in [9.17, 15) is 14.4 Å². The van der Waals surface area contributed by atoms with Crippen molar-refractivity contribution < 1.29 is 29.0 Å². The SMILES string of the molecule is O=C(NCCNC(=O)c1ccc(OC2CCC(C(=O)O)CC2)cc1)c1ccc(OCC2CCC2)cc1. The molecule has 0 bridgehead atoms. The monoisotopic (exact) mass is 494 g/mol. The molecule has 0 aromatic heterocycles. The molecular weight excluding hydrogens is 460 g/mol. The van der Waals surface area contributed by atoms with Crippen LogP contribution >= 0.6 is 0 Å². The molecule has 192 valence electrons. The van der Waals surface area contributed by atoms with E-state index in [0.29, 0.717) is 61.6 Å². The summed E-state index contributed by atoms with van der Waals surface area (Å²) in [5.41, 5.74) is 1.05. The number of hydrogen-bond donors (Lipinski definition) is 3. The van der Waals surface area contributed by atoms with Crippen LogP contribution in [0.15, 0.2) is 48.5 Å². The van der Waals surface area contributed by atoms with Crippen molar-refractivity contribution in [2.45, 2.75) is 51.0 Å². The minimum absolute atomic E-state index is 0.0000480. The number of hydrogen-bond acceptors (Lipinski definition) is 5. The second-order valence-corrected chi connectivity index (χ2v) is 9.60. The Hall–Kier alpha value is -3.55. The molecule has 0 spiro atoms. The van der Waals surface area contributed by atoms with Crippen molar-refractivity contribution in [3.05, 3.63) is 59.7 Å². The van der Waals surface area contributed by atoms with E-state index in [1.165, 1.54) is 19.3 Å². The summed E-state index contributed by atoms with van der Waals surface area (Å²) in [5, 5.41) is 14.7. The maximum Gasteiger partial charge on any atom is 0.306 e. The van der Waals surface area contributed by atoms with Crippen LogP contribution in [0.4, 0.5) is 0 Å². The summed E-state index contributed by atoms with van der Waals surface area (Å²) in [5.74, 6) is 0.652. The summed E-state index contributed by atoms with van der Waals surface area (Å²) in [4.78, 5) is 35.8. The Labute approximate surface area is 211 Å². The van der Waals surface area contributed by atoms with Gasteiger partial charge in [-0.2, -0.15) is 0 Å². The van der Waals surface area contributed by atoms with E-state index in [0.717, 1.165) is 12.4 Å². The summed E-state index contributed by atoms with van der Waals surface area (Å²) in [6, 6.07) is 14.0. The first-order valence-corrected chi connectivity index (χ1v) is 12.8. The number of nitrogens with one attached hydrogen (secondary N) is 2. The third kappa shape index (κ3) is 7.23. The summed E-state index contributed by atoms with van der Waals surface area (Å²) < 4.78 is 11.7. The molecule has 36 heavy (non-hydrogen) atoms. The fraction of sp³-hybridized carbons (Fsp3) is 0.464. The van der Waals surface area contributed by atoms with Crippen LogP contribution < -0.4 is 20.1 Å². The molecule has 0 unspecified atom stereocenters. The number of benzene rings is 2. The molecule has 2 saturated carbocycles. The fourth-order valence-corrected chi connectivity index (χ4v) is 4.44. The van der Waals surface area contributed by atoms with Gasteiger partial charge in [0.15, 0.2) is 0 Å². The average molecular weight is 495 g/mol. The summed E-state index contributed by atoms with van der Waals surface area (Å²) in [6.07, 6.45) is 6.42. The van der Waals surface area contributed by atoms with Crippen molar-refractivity contribution >= 4 is 17.8 Å². The van der Waals surface area contributed by atoms with Gasteiger partial charge in [-0.25, -0.2) is 0 Å². The van der Waals surface area contributed by atoms with Crippen molar-refractivity contribution in [3.63, 3.8) is 0 Å². The summed E-state index contributed by atoms with van der Waals surface area (Å²) >= 11 is 0. The molecule has 0 radical (unpaired) electrons. The Morgan fingerprint density at radius 3 is 1.75 bits per heavy atom. The van der Waals surface area contributed by atoms with Crippen LogP contribution in [0.5, 0.6) is 11.5 Å². The van der Waals surface area contributed by atoms with E-state index in [1.54, 1.807) is 36.4 Å². The van der Waals surface area contributed by atoms with E-state index in [-0.39, 0.29) is 23.8 Å². The van der Waals surface area contributed by atoms with Gasteiger partial charge in [0, 0.05) is 24.2 Å². The number of ether oxygens (including phenoxy) is 2. The minimum Gasteiger partial charge on any atom is -0.493 e. The normalized spacial score (nSPS) is 19.6. The third-order valence-corrected chi connectivity index (χ3v) is 6.97. The molecule has 0 aliphatic heterocycles. The highest BCUT2D eigenvalue weighted by atomic mass is 16.5. The van der Waals surface area contributed by atoms with E-state index < -0.39 is 5.97 Å². The highest BCUT2D eigenvalue weighted by Crippen LogP contribution is 2.28. The van der Waals surface area contributed by atoms with Crippen LogP contribution in [-0.4, -0.2) is 48.7 Å². The first kappa shape index (κ1) is 25.5. The lowest BCUT2D eigenvalue weighted by molar-refractivity contribution is -0.143. The van der Waals surface area contributed by atoms with Crippen molar-refractivity contribution in [1.29, 1.82) is 0 Å². The maximum atomic E-state index is 12.4. The number of carboxylic acids is 1. The molecule has 2 aromatic rings. The van der Waals surface area contributed by atoms with Gasteiger partial charge in [0.2, 0.25) is 0 Å². The first-order chi connectivity index (χ1) is 17.5. The Balaban J connectivity index is 1.13. The molecule has 4 rings (SSSR count). The van der Waals surface area contributed by atoms with Crippen molar-refractivity contribution in [1.82, 2.24) is 10.6 Å². The van der Waals surface area contributed by atoms with Gasteiger partial charge in [0.1, 0.15) is 11.5 Å². The highest BCUT2D eigenvalue weighted by Gasteiger charge is 2.27. The van der Waals surface area contributed by atoms with Gasteiger partial charge in [0.05, 0.1) is 18.6 Å². The second-order valence-electron chi connectivity index (χ2n) is 9.60. The number of carbonyl (C=O) groups excluding carboxylic acids is 2. The van der Waals surface area contributed by atoms with E-state index in [1.807, 2.05) is 12.1 Å². The lowest BCUT2D eigenvalue weighted by atomic mass is 9.86. The van der Waals surface area contributed by atoms with Gasteiger partial charge in [-0.1, -0.05) is 6.42 Å². The van der Waals surface area contributed by atoms with Gasteiger partial charge in [-0.15, -0.1) is 0 Å². The van der Waals surface area contributed by atoms with Gasteiger partial charge in [0.25, 0.3) is 11.8 Å². The zero-order chi connectivity index (χ0) is 25.3. The zero-order valence-electron chi connectivity index (χ0n) is 20.4. The molecule has 0 saturated heterocycles. The molecular formula is C28H34N2O6. The largest absolute Gasteiger partial charge is 0.493 e. The summed E-state index contributed by atoms with van der Waals surface area (Å²) in [7, 11) is 0. The van der Waals surface area contributed by atoms with Crippen LogP contribution in [-0.2, 0) is 4.79 Å². The lowest BCUT2D eigenvalue weighted by Gasteiger charge is -2.26. The molecule has 0 heterocycles. The van der Waals surface area contributed by atoms with Gasteiger partial charge < -0.3 is 25.2 Å². The van der Waals surface area contributed by atoms with Crippen molar-refractivity contribution in [2.75, 3.05) is 19.7 Å². The first-order valence-electron chi connectivity index (χ1n) is 12.8. The topological polar surface area (TPSA) is 114 Å². The van der Waals surface area contributed by atoms with Crippen LogP contribution in [0.25, 0.3) is 0 Å². The maximum absolute atomic E-state index is 12.4. The van der Waals surface area contributed by atoms with Gasteiger partial charge in [-0.3, -0.25) is 14.4 Å². The van der Waals surface area contributed by atoms with Crippen LogP contribution in [0.2, 0.25) is 0 Å². The van der Waals surface area contributed by atoms with E-state index >= 15 is 0 Å². The highest BCUT2D eigenvalue weighted by molar-refractivity contribution is 5.95. The number of carboxylic acid groups (broad SMARTS) is 1. The van der Waals surface area contributed by atoms with Gasteiger partial charge in [-0.05, 0) is 93.0 Å². The molecule has 2 aliphatic carbocycles. The number of amides is 2. The third-order valence-electron chi connectivity index (χ3n) is 6.97. The average Bonchev–Trinajstić information content (AvgIpc) is 2.86. The standard InChI is InChI=1S/C28H34N2O6/c31-26(20-4-10-23(11-5-20)35-18-19-2-1-3-19)29-16-17-30-27(32)21-6-12-24(13-7-21)36-25-14-8-22(9-15-25)28(33)34/h4-7,10-13,19,22,25H,1-3,8-9,14-18H2,(H,29,31)(H,30,32)(H,33,34). The molecule has 8 nitrogen and oxygen atoms in total. The molecule has 2 aliphatic rings. The molecule has 2 amide bonds. The quantitative estimate of drug-likeness (QED) is 0.406. The number of rotatable bonds is 11. The molecule has 0 atom stereocenters. The van der Waals surface area contributed by atoms with Crippen molar-refractivity contribution in [2.24, 2.45) is 11.8 Å². The Morgan fingerprint density at radius 1 is 0.750 bits per heavy atom. The fourth-order valence-electron chi connectivity index (χ4n) is 4.44. The Bertz CT molecular complexity index is 1030. The Morgan fingerprint density at radius 2 is 1.28 bits per heavy atom. The summed E-state index contributed by atoms with van der Waals surface area (Å²) in [6.45, 7) is 1.35. The Kier molecular flexibility index (Phi) is 8.81. The van der Waals surface area contributed by atoms with Gasteiger partial charge >= 0.3 is 5.97 Å². The second kappa shape index (κ2) is 12.4. The predicted octanol–water partition coefficient (Wildman–Crippen LogP) is 4.05. The van der Waals surface area contributed by atoms with E-state index in [2.05, 4.69) is 10.6 Å². The van der Waals surface area contributed by atoms with Crippen molar-refractivity contribution in [3.8, 4) is 11.5 Å². The molecule has 2 fully saturated rings. The van der Waals surface area contributed by atoms with E-state index in [4.69, 9.17) is 14.6 Å².